The maximum absolute atomic E-state index is 10.1. The molecule has 0 spiro atoms. The van der Waals surface area contributed by atoms with Gasteiger partial charge in [-0.25, -0.2) is 0 Å². The number of aliphatic hydroxyl groups is 1. The van der Waals surface area contributed by atoms with E-state index in [4.69, 9.17) is 4.74 Å². The number of methoxy groups -OCH3 is 1. The molecule has 70 valence electrons. The van der Waals surface area contributed by atoms with Gasteiger partial charge in [0.05, 0.1) is 7.11 Å². The fraction of sp³-hybridized carbons (Fsp3) is 0.300. The fourth-order valence-corrected chi connectivity index (χ4v) is 1.20. The summed E-state index contributed by atoms with van der Waals surface area (Å²) in [5, 5.41) is 9.29. The Balaban J connectivity index is 2.66. The second kappa shape index (κ2) is 4.50. The molecule has 1 unspecified atom stereocenters. The molecule has 0 bridgehead atoms. The zero-order valence-corrected chi connectivity index (χ0v) is 7.43. The predicted octanol–water partition coefficient (Wildman–Crippen LogP) is 1.73. The second-order valence-electron chi connectivity index (χ2n) is 2.76. The van der Waals surface area contributed by atoms with Crippen LogP contribution >= 0.6 is 0 Å². The molecule has 0 aromatic carbocycles. The van der Waals surface area contributed by atoms with Crippen LogP contribution in [0.4, 0.5) is 0 Å². The Labute approximate surface area is 77.0 Å². The van der Waals surface area contributed by atoms with E-state index in [1.807, 2.05) is 6.08 Å². The minimum atomic E-state index is 0.135. The summed E-state index contributed by atoms with van der Waals surface area (Å²) in [5.74, 6) is 0.859. The van der Waals surface area contributed by atoms with Crippen molar-refractivity contribution in [2.45, 2.75) is 6.42 Å². The molecule has 3 heteroatoms. The number of carbonyl (C=O) groups excluding carboxylic acids is 1. The van der Waals surface area contributed by atoms with E-state index in [1.54, 1.807) is 12.2 Å². The highest BCUT2D eigenvalue weighted by Gasteiger charge is 2.13. The van der Waals surface area contributed by atoms with Gasteiger partial charge in [-0.15, -0.1) is 0 Å². The number of carbonyl (C=O) groups is 1. The lowest BCUT2D eigenvalue weighted by molar-refractivity contribution is -0.104. The van der Waals surface area contributed by atoms with Crippen LogP contribution in [0.1, 0.15) is 6.42 Å². The van der Waals surface area contributed by atoms with Crippen LogP contribution in [-0.4, -0.2) is 18.5 Å². The third-order valence-electron chi connectivity index (χ3n) is 1.89. The van der Waals surface area contributed by atoms with Crippen molar-refractivity contribution in [2.75, 3.05) is 7.11 Å². The second-order valence-corrected chi connectivity index (χ2v) is 2.76. The van der Waals surface area contributed by atoms with Gasteiger partial charge in [0, 0.05) is 12.3 Å². The Morgan fingerprint density at radius 1 is 1.69 bits per heavy atom. The van der Waals surface area contributed by atoms with Crippen LogP contribution in [0.2, 0.25) is 0 Å². The molecular formula is C10H12O3. The van der Waals surface area contributed by atoms with Gasteiger partial charge in [0.2, 0.25) is 0 Å². The molecule has 1 aliphatic carbocycles. The SMILES string of the molecule is COC1=C(O)C=CC(C=CC=O)C1. The van der Waals surface area contributed by atoms with Gasteiger partial charge in [0.15, 0.2) is 5.76 Å². The largest absolute Gasteiger partial charge is 0.504 e. The summed E-state index contributed by atoms with van der Waals surface area (Å²) in [6.45, 7) is 0. The molecule has 1 aliphatic rings. The zero-order chi connectivity index (χ0) is 9.68. The molecule has 1 atom stereocenters. The average molecular weight is 180 g/mol. The molecule has 13 heavy (non-hydrogen) atoms. The number of hydrogen-bond acceptors (Lipinski definition) is 3. The quantitative estimate of drug-likeness (QED) is 0.531. The fourth-order valence-electron chi connectivity index (χ4n) is 1.20. The summed E-state index contributed by atoms with van der Waals surface area (Å²) in [6.07, 6.45) is 7.97. The van der Waals surface area contributed by atoms with E-state index in [0.29, 0.717) is 12.2 Å². The molecule has 0 saturated carbocycles. The first kappa shape index (κ1) is 9.58. The molecule has 0 heterocycles. The van der Waals surface area contributed by atoms with Crippen LogP contribution in [0.15, 0.2) is 35.8 Å². The highest BCUT2D eigenvalue weighted by atomic mass is 16.5. The van der Waals surface area contributed by atoms with Gasteiger partial charge in [0.1, 0.15) is 12.0 Å². The summed E-state index contributed by atoms with van der Waals surface area (Å²) >= 11 is 0. The van der Waals surface area contributed by atoms with Crippen molar-refractivity contribution < 1.29 is 14.6 Å². The molecular weight excluding hydrogens is 168 g/mol. The van der Waals surface area contributed by atoms with Crippen LogP contribution in [0.5, 0.6) is 0 Å². The van der Waals surface area contributed by atoms with Crippen LogP contribution in [0.25, 0.3) is 0 Å². The molecule has 1 rings (SSSR count). The van der Waals surface area contributed by atoms with Crippen molar-refractivity contribution in [3.05, 3.63) is 35.8 Å². The number of aliphatic hydroxyl groups excluding tert-OH is 1. The summed E-state index contributed by atoms with van der Waals surface area (Å²) in [5.41, 5.74) is 0. The predicted molar refractivity (Wildman–Crippen MR) is 49.1 cm³/mol. The summed E-state index contributed by atoms with van der Waals surface area (Å²) in [4.78, 5) is 10.1. The normalized spacial score (nSPS) is 22.4. The van der Waals surface area contributed by atoms with Crippen molar-refractivity contribution in [3.8, 4) is 0 Å². The molecule has 0 aromatic rings. The van der Waals surface area contributed by atoms with Crippen molar-refractivity contribution in [1.29, 1.82) is 0 Å². The lowest BCUT2D eigenvalue weighted by Crippen LogP contribution is -2.04. The molecule has 3 nitrogen and oxygen atoms in total. The maximum atomic E-state index is 10.1. The van der Waals surface area contributed by atoms with Gasteiger partial charge in [0.25, 0.3) is 0 Å². The Bertz CT molecular complexity index is 274. The molecule has 0 radical (unpaired) electrons. The average Bonchev–Trinajstić information content (AvgIpc) is 2.16. The lowest BCUT2D eigenvalue weighted by Gasteiger charge is -2.15. The summed E-state index contributed by atoms with van der Waals surface area (Å²) < 4.78 is 4.97. The van der Waals surface area contributed by atoms with Gasteiger partial charge < -0.3 is 9.84 Å². The number of allylic oxidation sites excluding steroid dienone is 5. The van der Waals surface area contributed by atoms with E-state index in [0.717, 1.165) is 6.29 Å². The van der Waals surface area contributed by atoms with E-state index in [2.05, 4.69) is 0 Å². The lowest BCUT2D eigenvalue weighted by atomic mass is 9.98. The highest BCUT2D eigenvalue weighted by molar-refractivity contribution is 5.64. The molecule has 0 aromatic heterocycles. The molecule has 0 aliphatic heterocycles. The molecule has 0 amide bonds. The minimum absolute atomic E-state index is 0.135. The van der Waals surface area contributed by atoms with Crippen molar-refractivity contribution in [1.82, 2.24) is 0 Å². The highest BCUT2D eigenvalue weighted by Crippen LogP contribution is 2.23. The van der Waals surface area contributed by atoms with Gasteiger partial charge >= 0.3 is 0 Å². The van der Waals surface area contributed by atoms with Crippen molar-refractivity contribution in [2.24, 2.45) is 5.92 Å². The molecule has 1 N–H and O–H groups in total. The maximum Gasteiger partial charge on any atom is 0.152 e. The smallest absolute Gasteiger partial charge is 0.152 e. The monoisotopic (exact) mass is 180 g/mol. The Hall–Kier alpha value is -1.51. The first-order valence-corrected chi connectivity index (χ1v) is 4.04. The first-order chi connectivity index (χ1) is 6.27. The Morgan fingerprint density at radius 3 is 3.08 bits per heavy atom. The van der Waals surface area contributed by atoms with E-state index in [1.165, 1.54) is 13.2 Å². The first-order valence-electron chi connectivity index (χ1n) is 4.04. The minimum Gasteiger partial charge on any atom is -0.504 e. The number of ether oxygens (including phenoxy) is 1. The Morgan fingerprint density at radius 2 is 2.46 bits per heavy atom. The number of aldehydes is 1. The third-order valence-corrected chi connectivity index (χ3v) is 1.89. The Kier molecular flexibility index (Phi) is 3.31. The van der Waals surface area contributed by atoms with Crippen molar-refractivity contribution in [3.63, 3.8) is 0 Å². The zero-order valence-electron chi connectivity index (χ0n) is 7.43. The number of hydrogen-bond donors (Lipinski definition) is 1. The van der Waals surface area contributed by atoms with Gasteiger partial charge in [-0.1, -0.05) is 12.2 Å². The van der Waals surface area contributed by atoms with Crippen molar-refractivity contribution >= 4 is 6.29 Å². The van der Waals surface area contributed by atoms with Crippen LogP contribution in [-0.2, 0) is 9.53 Å². The van der Waals surface area contributed by atoms with E-state index in [-0.39, 0.29) is 11.7 Å². The number of rotatable bonds is 3. The molecule has 0 fully saturated rings. The van der Waals surface area contributed by atoms with Crippen LogP contribution in [0.3, 0.4) is 0 Å². The van der Waals surface area contributed by atoms with E-state index >= 15 is 0 Å². The summed E-state index contributed by atoms with van der Waals surface area (Å²) in [6, 6.07) is 0. The van der Waals surface area contributed by atoms with Crippen LogP contribution in [0, 0.1) is 5.92 Å². The standard InChI is InChI=1S/C10H12O3/c1-13-10-7-8(3-2-6-11)4-5-9(10)12/h2-6,8,12H,7H2,1H3. The van der Waals surface area contributed by atoms with Gasteiger partial charge in [-0.3, -0.25) is 4.79 Å². The van der Waals surface area contributed by atoms with Crippen LogP contribution < -0.4 is 0 Å². The van der Waals surface area contributed by atoms with E-state index < -0.39 is 0 Å². The van der Waals surface area contributed by atoms with Gasteiger partial charge in [-0.2, -0.15) is 0 Å². The summed E-state index contributed by atoms with van der Waals surface area (Å²) in [7, 11) is 1.52. The topological polar surface area (TPSA) is 46.5 Å². The van der Waals surface area contributed by atoms with E-state index in [9.17, 15) is 9.90 Å². The molecule has 0 saturated heterocycles. The van der Waals surface area contributed by atoms with Gasteiger partial charge in [-0.05, 0) is 12.2 Å². The third kappa shape index (κ3) is 2.47.